The van der Waals surface area contributed by atoms with Gasteiger partial charge in [0.15, 0.2) is 5.79 Å². The van der Waals surface area contributed by atoms with Gasteiger partial charge in [0.25, 0.3) is 0 Å². The zero-order valence-corrected chi connectivity index (χ0v) is 18.7. The fraction of sp³-hybridized carbons (Fsp3) is 0.538. The van der Waals surface area contributed by atoms with E-state index in [1.165, 1.54) is 12.1 Å². The van der Waals surface area contributed by atoms with Crippen LogP contribution >= 0.6 is 0 Å². The maximum absolute atomic E-state index is 13.4. The van der Waals surface area contributed by atoms with Crippen LogP contribution in [0.1, 0.15) is 43.7 Å². The maximum Gasteiger partial charge on any atom is 0.195 e. The van der Waals surface area contributed by atoms with Gasteiger partial charge in [-0.1, -0.05) is 30.3 Å². The molecule has 3 heterocycles. The maximum atomic E-state index is 13.4. The van der Waals surface area contributed by atoms with Crippen molar-refractivity contribution in [3.8, 4) is 5.75 Å². The predicted molar refractivity (Wildman–Crippen MR) is 119 cm³/mol. The molecule has 0 radical (unpaired) electrons. The SMILES string of the molecule is CC1Oc2ccccc2COC12CCN(CCCC1(c3ccc(F)cc3)OCCO1)CC2. The zero-order chi connectivity index (χ0) is 22.0. The molecule has 1 unspecified atom stereocenters. The molecule has 5 rings (SSSR count). The predicted octanol–water partition coefficient (Wildman–Crippen LogP) is 4.64. The van der Waals surface area contributed by atoms with Crippen molar-refractivity contribution in [1.82, 2.24) is 4.90 Å². The number of fused-ring (bicyclic) bond motifs is 1. The number of benzene rings is 2. The monoisotopic (exact) mass is 441 g/mol. The molecule has 0 saturated carbocycles. The third-order valence-electron chi connectivity index (χ3n) is 7.25. The van der Waals surface area contributed by atoms with Crippen molar-refractivity contribution in [3.05, 3.63) is 65.5 Å². The molecule has 2 aromatic carbocycles. The molecular formula is C26H32FNO4. The third-order valence-corrected chi connectivity index (χ3v) is 7.25. The summed E-state index contributed by atoms with van der Waals surface area (Å²) < 4.78 is 38.1. The Morgan fingerprint density at radius 2 is 1.69 bits per heavy atom. The molecule has 2 fully saturated rings. The van der Waals surface area contributed by atoms with Crippen LogP contribution in [-0.2, 0) is 26.6 Å². The Kier molecular flexibility index (Phi) is 6.21. The fourth-order valence-electron chi connectivity index (χ4n) is 5.23. The molecule has 0 amide bonds. The van der Waals surface area contributed by atoms with Crippen molar-refractivity contribution in [2.75, 3.05) is 32.8 Å². The summed E-state index contributed by atoms with van der Waals surface area (Å²) in [5.74, 6) is -0.0448. The van der Waals surface area contributed by atoms with Crippen LogP contribution in [0.2, 0.25) is 0 Å². The minimum atomic E-state index is -0.747. The van der Waals surface area contributed by atoms with E-state index in [1.807, 2.05) is 18.2 Å². The van der Waals surface area contributed by atoms with E-state index in [0.29, 0.717) is 19.8 Å². The summed E-state index contributed by atoms with van der Waals surface area (Å²) in [6.07, 6.45) is 3.64. The van der Waals surface area contributed by atoms with Crippen LogP contribution in [0.5, 0.6) is 5.75 Å². The molecule has 32 heavy (non-hydrogen) atoms. The molecule has 6 heteroatoms. The summed E-state index contributed by atoms with van der Waals surface area (Å²) in [6, 6.07) is 14.7. The van der Waals surface area contributed by atoms with E-state index < -0.39 is 5.79 Å². The average molecular weight is 442 g/mol. The van der Waals surface area contributed by atoms with Gasteiger partial charge in [0.05, 0.1) is 19.8 Å². The molecule has 0 aliphatic carbocycles. The first-order chi connectivity index (χ1) is 15.6. The van der Waals surface area contributed by atoms with Gasteiger partial charge in [-0.3, -0.25) is 0 Å². The van der Waals surface area contributed by atoms with E-state index in [2.05, 4.69) is 17.9 Å². The van der Waals surface area contributed by atoms with E-state index in [4.69, 9.17) is 18.9 Å². The highest BCUT2D eigenvalue weighted by molar-refractivity contribution is 5.34. The smallest absolute Gasteiger partial charge is 0.195 e. The van der Waals surface area contributed by atoms with Crippen LogP contribution in [0.25, 0.3) is 0 Å². The van der Waals surface area contributed by atoms with Crippen molar-refractivity contribution in [2.24, 2.45) is 0 Å². The number of piperidine rings is 1. The van der Waals surface area contributed by atoms with Gasteiger partial charge in [-0.2, -0.15) is 0 Å². The lowest BCUT2D eigenvalue weighted by Crippen LogP contribution is -2.53. The Morgan fingerprint density at radius 3 is 2.44 bits per heavy atom. The number of para-hydroxylation sites is 1. The summed E-state index contributed by atoms with van der Waals surface area (Å²) >= 11 is 0. The van der Waals surface area contributed by atoms with Gasteiger partial charge in [0, 0.05) is 30.6 Å². The number of hydrogen-bond donors (Lipinski definition) is 0. The minimum Gasteiger partial charge on any atom is -0.487 e. The van der Waals surface area contributed by atoms with Crippen LogP contribution in [0.3, 0.4) is 0 Å². The molecule has 3 aliphatic heterocycles. The molecule has 2 aromatic rings. The second-order valence-corrected chi connectivity index (χ2v) is 9.12. The highest BCUT2D eigenvalue weighted by Gasteiger charge is 2.44. The van der Waals surface area contributed by atoms with Gasteiger partial charge >= 0.3 is 0 Å². The standard InChI is InChI=1S/C26H32FNO4/c1-20-25(31-19-21-5-2-3-6-24(21)32-20)12-15-28(16-13-25)14-4-11-26(29-17-18-30-26)22-7-9-23(27)10-8-22/h2-3,5-10,20H,4,11-19H2,1H3. The summed E-state index contributed by atoms with van der Waals surface area (Å²) in [7, 11) is 0. The molecule has 2 saturated heterocycles. The van der Waals surface area contributed by atoms with Gasteiger partial charge in [0.1, 0.15) is 23.3 Å². The molecule has 172 valence electrons. The minimum absolute atomic E-state index is 0.0235. The molecule has 3 aliphatic rings. The van der Waals surface area contributed by atoms with Crippen LogP contribution in [0.4, 0.5) is 4.39 Å². The van der Waals surface area contributed by atoms with Crippen molar-refractivity contribution in [2.45, 2.75) is 56.7 Å². The largest absolute Gasteiger partial charge is 0.487 e. The van der Waals surface area contributed by atoms with Gasteiger partial charge in [-0.25, -0.2) is 4.39 Å². The van der Waals surface area contributed by atoms with Crippen LogP contribution in [-0.4, -0.2) is 49.5 Å². The molecule has 1 atom stereocenters. The van der Waals surface area contributed by atoms with E-state index in [-0.39, 0.29) is 17.5 Å². The lowest BCUT2D eigenvalue weighted by Gasteiger charge is -2.43. The summed E-state index contributed by atoms with van der Waals surface area (Å²) in [5, 5.41) is 0. The Labute approximate surface area is 189 Å². The van der Waals surface area contributed by atoms with Crippen LogP contribution in [0.15, 0.2) is 48.5 Å². The van der Waals surface area contributed by atoms with Crippen molar-refractivity contribution >= 4 is 0 Å². The van der Waals surface area contributed by atoms with E-state index in [9.17, 15) is 4.39 Å². The Bertz CT molecular complexity index is 904. The number of nitrogens with zero attached hydrogens (tertiary/aromatic N) is 1. The van der Waals surface area contributed by atoms with Gasteiger partial charge in [0.2, 0.25) is 0 Å². The molecular weight excluding hydrogens is 409 g/mol. The Morgan fingerprint density at radius 1 is 0.969 bits per heavy atom. The Hall–Kier alpha value is -1.99. The third kappa shape index (κ3) is 4.29. The van der Waals surface area contributed by atoms with E-state index in [0.717, 1.165) is 62.2 Å². The number of ether oxygens (including phenoxy) is 4. The van der Waals surface area contributed by atoms with Crippen LogP contribution < -0.4 is 4.74 Å². The normalized spacial score (nSPS) is 24.6. The Balaban J connectivity index is 1.16. The van der Waals surface area contributed by atoms with Crippen molar-refractivity contribution in [1.29, 1.82) is 0 Å². The van der Waals surface area contributed by atoms with Crippen molar-refractivity contribution < 1.29 is 23.3 Å². The molecule has 5 nitrogen and oxygen atoms in total. The first-order valence-electron chi connectivity index (χ1n) is 11.7. The molecule has 1 spiro atoms. The molecule has 0 N–H and O–H groups in total. The van der Waals surface area contributed by atoms with Gasteiger partial charge in [-0.15, -0.1) is 0 Å². The zero-order valence-electron chi connectivity index (χ0n) is 18.7. The second-order valence-electron chi connectivity index (χ2n) is 9.12. The summed E-state index contributed by atoms with van der Waals surface area (Å²) in [5.41, 5.74) is 1.79. The number of hydrogen-bond acceptors (Lipinski definition) is 5. The highest BCUT2D eigenvalue weighted by Crippen LogP contribution is 2.39. The van der Waals surface area contributed by atoms with Crippen LogP contribution in [0, 0.1) is 5.82 Å². The average Bonchev–Trinajstić information content (AvgIpc) is 3.25. The summed E-state index contributed by atoms with van der Waals surface area (Å²) in [6.45, 7) is 6.82. The van der Waals surface area contributed by atoms with Gasteiger partial charge < -0.3 is 23.8 Å². The number of rotatable bonds is 5. The van der Waals surface area contributed by atoms with E-state index >= 15 is 0 Å². The molecule has 0 aromatic heterocycles. The summed E-state index contributed by atoms with van der Waals surface area (Å²) in [4.78, 5) is 2.49. The topological polar surface area (TPSA) is 40.2 Å². The lowest BCUT2D eigenvalue weighted by molar-refractivity contribution is -0.173. The fourth-order valence-corrected chi connectivity index (χ4v) is 5.23. The first-order valence-corrected chi connectivity index (χ1v) is 11.7. The molecule has 0 bridgehead atoms. The lowest BCUT2D eigenvalue weighted by atomic mass is 9.86. The second kappa shape index (κ2) is 9.10. The first kappa shape index (κ1) is 21.8. The highest BCUT2D eigenvalue weighted by atomic mass is 19.1. The van der Waals surface area contributed by atoms with Crippen molar-refractivity contribution in [3.63, 3.8) is 0 Å². The number of likely N-dealkylation sites (tertiary alicyclic amines) is 1. The van der Waals surface area contributed by atoms with Gasteiger partial charge in [-0.05, 0) is 50.9 Å². The quantitative estimate of drug-likeness (QED) is 0.676. The van der Waals surface area contributed by atoms with E-state index in [1.54, 1.807) is 12.1 Å². The number of halogens is 1.